The molecule has 0 atom stereocenters. The lowest BCUT2D eigenvalue weighted by atomic mass is 10.3. The van der Waals surface area contributed by atoms with Crippen molar-refractivity contribution in [3.05, 3.63) is 24.3 Å². The van der Waals surface area contributed by atoms with Crippen LogP contribution in [0.2, 0.25) is 0 Å². The molecule has 0 saturated carbocycles. The lowest BCUT2D eigenvalue weighted by Crippen LogP contribution is -2.17. The van der Waals surface area contributed by atoms with Gasteiger partial charge in [0.2, 0.25) is 0 Å². The minimum atomic E-state index is -2.06. The first-order valence-electron chi connectivity index (χ1n) is 5.31. The van der Waals surface area contributed by atoms with Crippen LogP contribution in [0.25, 0.3) is 0 Å². The number of nitrogens with zero attached hydrogens (tertiary/aromatic N) is 1. The van der Waals surface area contributed by atoms with Gasteiger partial charge in [-0.05, 0) is 37.6 Å². The average Bonchev–Trinajstić information content (AvgIpc) is 2.15. The molecule has 0 aromatic heterocycles. The van der Waals surface area contributed by atoms with Crippen LogP contribution in [-0.4, -0.2) is 31.8 Å². The van der Waals surface area contributed by atoms with Gasteiger partial charge in [0.05, 0.1) is 6.29 Å². The highest BCUT2D eigenvalue weighted by Crippen LogP contribution is 2.37. The highest BCUT2D eigenvalue weighted by atomic mass is 32.2. The first-order chi connectivity index (χ1) is 7.78. The van der Waals surface area contributed by atoms with Crippen molar-refractivity contribution in [1.82, 2.24) is 0 Å². The number of hydrogen-bond donors (Lipinski definition) is 0. The molecule has 0 unspecified atom stereocenters. The predicted octanol–water partition coefficient (Wildman–Crippen LogP) is 3.34. The van der Waals surface area contributed by atoms with E-state index in [1.807, 2.05) is 36.2 Å². The van der Waals surface area contributed by atoms with Crippen LogP contribution in [0, 0.1) is 0 Å². The molecule has 0 aliphatic rings. The van der Waals surface area contributed by atoms with Crippen LogP contribution in [-0.2, 0) is 9.36 Å². The summed E-state index contributed by atoms with van der Waals surface area (Å²) >= 11 is 1.22. The normalized spacial score (nSPS) is 11.3. The van der Waals surface area contributed by atoms with E-state index in [1.54, 1.807) is 20.3 Å². The van der Waals surface area contributed by atoms with Crippen molar-refractivity contribution in [1.29, 1.82) is 0 Å². The third kappa shape index (κ3) is 5.42. The molecule has 0 spiro atoms. The number of hydrogen-bond acceptors (Lipinski definition) is 4. The van der Waals surface area contributed by atoms with Gasteiger partial charge in [-0.2, -0.15) is 0 Å². The Bertz CT molecular complexity index is 438. The second-order valence-electron chi connectivity index (χ2n) is 4.50. The Balaban J connectivity index is 2.73. The molecule has 1 aromatic carbocycles. The molecule has 3 nitrogen and oxygen atoms in total. The van der Waals surface area contributed by atoms with E-state index in [2.05, 4.69) is 0 Å². The summed E-state index contributed by atoms with van der Waals surface area (Å²) < 4.78 is 11.7. The Morgan fingerprint density at radius 1 is 1.29 bits per heavy atom. The lowest BCUT2D eigenvalue weighted by molar-refractivity contribution is -0.109. The van der Waals surface area contributed by atoms with Gasteiger partial charge in [0.15, 0.2) is 5.12 Å². The zero-order valence-corrected chi connectivity index (χ0v) is 12.3. The van der Waals surface area contributed by atoms with Crippen LogP contribution in [0.3, 0.4) is 0 Å². The van der Waals surface area contributed by atoms with Crippen molar-refractivity contribution in [2.24, 2.45) is 0 Å². The summed E-state index contributed by atoms with van der Waals surface area (Å²) in [6.07, 6.45) is 0.562. The van der Waals surface area contributed by atoms with E-state index in [9.17, 15) is 9.36 Å². The molecule has 0 aliphatic heterocycles. The number of thioether (sulfide) groups is 1. The number of rotatable bonds is 4. The van der Waals surface area contributed by atoms with Crippen LogP contribution in [0.15, 0.2) is 29.2 Å². The predicted molar refractivity (Wildman–Crippen MR) is 75.7 cm³/mol. The summed E-state index contributed by atoms with van der Waals surface area (Å²) in [6.45, 7) is 5.11. The van der Waals surface area contributed by atoms with E-state index in [0.717, 1.165) is 10.6 Å². The molecule has 0 heterocycles. The van der Waals surface area contributed by atoms with E-state index in [0.29, 0.717) is 6.29 Å². The Labute approximate surface area is 107 Å². The van der Waals surface area contributed by atoms with Crippen molar-refractivity contribution >= 4 is 29.7 Å². The smallest absolute Gasteiger partial charge is 0.190 e. The molecule has 0 radical (unpaired) electrons. The van der Waals surface area contributed by atoms with E-state index >= 15 is 0 Å². The van der Waals surface area contributed by atoms with Gasteiger partial charge in [-0.3, -0.25) is 4.79 Å². The summed E-state index contributed by atoms with van der Waals surface area (Å²) in [5.74, 6) is 0. The highest BCUT2D eigenvalue weighted by Gasteiger charge is 2.11. The maximum absolute atomic E-state index is 11.7. The molecule has 1 rings (SSSR count). The quantitative estimate of drug-likeness (QED) is 0.621. The summed E-state index contributed by atoms with van der Waals surface area (Å²) in [6, 6.07) is 7.71. The fourth-order valence-corrected chi connectivity index (χ4v) is 3.32. The van der Waals surface area contributed by atoms with E-state index in [1.165, 1.54) is 11.8 Å². The molecule has 0 saturated heterocycles. The largest absolute Gasteiger partial charge is 0.367 e. The second-order valence-corrected chi connectivity index (χ2v) is 9.18. The van der Waals surface area contributed by atoms with Crippen molar-refractivity contribution in [3.8, 4) is 0 Å². The molecular weight excluding hydrogens is 253 g/mol. The zero-order chi connectivity index (χ0) is 13.1. The van der Waals surface area contributed by atoms with Gasteiger partial charge in [0.25, 0.3) is 0 Å². The van der Waals surface area contributed by atoms with Crippen molar-refractivity contribution < 1.29 is 9.36 Å². The Morgan fingerprint density at radius 3 is 2.24 bits per heavy atom. The molecule has 0 fully saturated rings. The second kappa shape index (κ2) is 5.74. The Kier molecular flexibility index (Phi) is 4.84. The van der Waals surface area contributed by atoms with E-state index in [4.69, 9.17) is 0 Å². The molecule has 0 bridgehead atoms. The fourth-order valence-electron chi connectivity index (χ4n) is 1.53. The van der Waals surface area contributed by atoms with Gasteiger partial charge >= 0.3 is 0 Å². The molecule has 1 aromatic rings. The van der Waals surface area contributed by atoms with Crippen LogP contribution in [0.1, 0.15) is 6.92 Å². The monoisotopic (exact) mass is 271 g/mol. The zero-order valence-electron chi connectivity index (χ0n) is 10.6. The molecule has 17 heavy (non-hydrogen) atoms. The fraction of sp³-hybridized carbons (Fsp3) is 0.417. The molecule has 5 heteroatoms. The molecule has 94 valence electrons. The minimum absolute atomic E-state index is 0.0812. The summed E-state index contributed by atoms with van der Waals surface area (Å²) in [4.78, 5) is 13.8. The number of carbonyl (C=O) groups excluding carboxylic acids is 1. The molecule has 0 aliphatic carbocycles. The third-order valence-corrected chi connectivity index (χ3v) is 3.99. The van der Waals surface area contributed by atoms with E-state index in [-0.39, 0.29) is 5.12 Å². The van der Waals surface area contributed by atoms with Gasteiger partial charge in [0.1, 0.15) is 7.14 Å². The number of anilines is 1. The average molecular weight is 271 g/mol. The van der Waals surface area contributed by atoms with Crippen LogP contribution in [0.4, 0.5) is 5.69 Å². The van der Waals surface area contributed by atoms with Gasteiger partial charge < -0.3 is 9.46 Å². The summed E-state index contributed by atoms with van der Waals surface area (Å²) in [7, 11) is -0.132. The summed E-state index contributed by atoms with van der Waals surface area (Å²) in [5, 5.41) is 0.0812. The Morgan fingerprint density at radius 2 is 1.82 bits per heavy atom. The Hall–Kier alpha value is -0.730. The van der Waals surface area contributed by atoms with E-state index < -0.39 is 7.14 Å². The van der Waals surface area contributed by atoms with Gasteiger partial charge in [-0.25, -0.2) is 0 Å². The number of carbonyl (C=O) groups is 1. The van der Waals surface area contributed by atoms with Crippen LogP contribution < -0.4 is 4.90 Å². The van der Waals surface area contributed by atoms with Gasteiger partial charge in [0, 0.05) is 24.6 Å². The van der Waals surface area contributed by atoms with Crippen molar-refractivity contribution in [3.63, 3.8) is 0 Å². The first-order valence-corrected chi connectivity index (χ1v) is 8.92. The van der Waals surface area contributed by atoms with Gasteiger partial charge in [-0.1, -0.05) is 11.8 Å². The maximum atomic E-state index is 11.7. The van der Waals surface area contributed by atoms with Crippen LogP contribution >= 0.6 is 18.9 Å². The number of benzene rings is 1. The topological polar surface area (TPSA) is 37.4 Å². The maximum Gasteiger partial charge on any atom is 0.190 e. The highest BCUT2D eigenvalue weighted by molar-refractivity contribution is 8.13. The van der Waals surface area contributed by atoms with Gasteiger partial charge in [-0.15, -0.1) is 0 Å². The van der Waals surface area contributed by atoms with Crippen LogP contribution in [0.5, 0.6) is 0 Å². The summed E-state index contributed by atoms with van der Waals surface area (Å²) in [5.41, 5.74) is 1.02. The molecular formula is C12H18NO2PS. The first kappa shape index (κ1) is 14.3. The molecule has 0 amide bonds. The SMILES string of the molecule is CC(=O)Sc1ccc(N(C)CP(C)(C)=O)cc1. The standard InChI is InChI=1S/C12H18NO2PS/c1-10(14)17-12-7-5-11(6-8-12)13(2)9-16(3,4)15/h5-8H,9H2,1-4H3. The van der Waals surface area contributed by atoms with Crippen molar-refractivity contribution in [2.75, 3.05) is 31.6 Å². The lowest BCUT2D eigenvalue weighted by Gasteiger charge is -2.21. The molecule has 0 N–H and O–H groups in total. The third-order valence-electron chi connectivity index (χ3n) is 2.09. The van der Waals surface area contributed by atoms with Crippen molar-refractivity contribution in [2.45, 2.75) is 11.8 Å². The minimum Gasteiger partial charge on any atom is -0.367 e.